The van der Waals surface area contributed by atoms with E-state index in [-0.39, 0.29) is 0 Å². The van der Waals surface area contributed by atoms with E-state index >= 15 is 0 Å². The van der Waals surface area contributed by atoms with Crippen molar-refractivity contribution in [1.29, 1.82) is 0 Å². The van der Waals surface area contributed by atoms with E-state index < -0.39 is 23.9 Å². The first kappa shape index (κ1) is 58.3. The number of hydrogen-bond donors (Lipinski definition) is 0. The van der Waals surface area contributed by atoms with Crippen molar-refractivity contribution in [2.75, 3.05) is 26.4 Å². The summed E-state index contributed by atoms with van der Waals surface area (Å²) in [5.41, 5.74) is 1.19. The van der Waals surface area contributed by atoms with Gasteiger partial charge in [0.15, 0.2) is 0 Å². The monoisotopic (exact) mass is 893 g/mol. The van der Waals surface area contributed by atoms with Gasteiger partial charge in [0.05, 0.1) is 48.7 Å². The molecule has 64 heavy (non-hydrogen) atoms. The Labute approximate surface area is 391 Å². The molecule has 2 rings (SSSR count). The number of carbonyl (C=O) groups excluding carboxylic acids is 4. The number of ether oxygens (including phenoxy) is 4. The molecule has 0 aliphatic rings. The first-order valence-electron chi connectivity index (χ1n) is 26.3. The fourth-order valence-corrected chi connectivity index (χ4v) is 7.59. The van der Waals surface area contributed by atoms with Crippen molar-refractivity contribution in [2.24, 2.45) is 0 Å². The lowest BCUT2D eigenvalue weighted by Gasteiger charge is -2.10. The molecule has 0 aliphatic carbocycles. The van der Waals surface area contributed by atoms with Crippen LogP contribution in [0.25, 0.3) is 0 Å². The average Bonchev–Trinajstić information content (AvgIpc) is 3.31. The minimum atomic E-state index is -0.444. The topological polar surface area (TPSA) is 105 Å². The van der Waals surface area contributed by atoms with Gasteiger partial charge in [-0.1, -0.05) is 232 Å². The fraction of sp³-hybridized carbons (Fsp3) is 0.714. The smallest absolute Gasteiger partial charge is 0.339 e. The Hall–Kier alpha value is -3.68. The Bertz CT molecular complexity index is 1330. The van der Waals surface area contributed by atoms with E-state index in [0.717, 1.165) is 51.4 Å². The van der Waals surface area contributed by atoms with Crippen LogP contribution in [0.15, 0.2) is 48.5 Å². The van der Waals surface area contributed by atoms with Crippen LogP contribution in [0.3, 0.4) is 0 Å². The van der Waals surface area contributed by atoms with Crippen LogP contribution in [0.1, 0.15) is 275 Å². The number of carbonyl (C=O) groups is 4. The molecule has 0 amide bonds. The predicted octanol–water partition coefficient (Wildman–Crippen LogP) is 16.6. The second-order valence-electron chi connectivity index (χ2n) is 17.5. The molecule has 0 unspecified atom stereocenters. The van der Waals surface area contributed by atoms with Gasteiger partial charge in [-0.05, 0) is 49.9 Å². The van der Waals surface area contributed by atoms with Crippen molar-refractivity contribution in [1.82, 2.24) is 0 Å². The summed E-state index contributed by atoms with van der Waals surface area (Å²) in [5.74, 6) is -1.75. The van der Waals surface area contributed by atoms with E-state index in [9.17, 15) is 19.2 Å². The molecule has 0 aliphatic heterocycles. The maximum absolute atomic E-state index is 12.6. The van der Waals surface area contributed by atoms with Gasteiger partial charge in [0, 0.05) is 0 Å². The second kappa shape index (κ2) is 43.2. The summed E-state index contributed by atoms with van der Waals surface area (Å²) in [7, 11) is 0. The van der Waals surface area contributed by atoms with Crippen LogP contribution in [-0.4, -0.2) is 50.3 Å². The van der Waals surface area contributed by atoms with Gasteiger partial charge in [0.2, 0.25) is 0 Å². The normalized spacial score (nSPS) is 10.8. The molecule has 2 aromatic carbocycles. The van der Waals surface area contributed by atoms with Crippen molar-refractivity contribution < 1.29 is 38.1 Å². The largest absolute Gasteiger partial charge is 0.462 e. The zero-order valence-corrected chi connectivity index (χ0v) is 41.3. The van der Waals surface area contributed by atoms with Gasteiger partial charge in [-0.3, -0.25) is 0 Å². The molecule has 0 aromatic heterocycles. The molecular formula is C56H92O8. The lowest BCUT2D eigenvalue weighted by Crippen LogP contribution is -2.15. The molecule has 0 atom stereocenters. The van der Waals surface area contributed by atoms with E-state index in [1.807, 2.05) is 0 Å². The molecular weight excluding hydrogens is 801 g/mol. The minimum Gasteiger partial charge on any atom is -0.462 e. The van der Waals surface area contributed by atoms with Crippen molar-refractivity contribution >= 4 is 23.9 Å². The Morgan fingerprint density at radius 2 is 0.422 bits per heavy atom. The molecule has 0 saturated carbocycles. The molecule has 0 heterocycles. The van der Waals surface area contributed by atoms with Crippen molar-refractivity contribution in [3.63, 3.8) is 0 Å². The summed E-state index contributed by atoms with van der Waals surface area (Å²) >= 11 is 0. The molecule has 0 spiro atoms. The summed E-state index contributed by atoms with van der Waals surface area (Å²) < 4.78 is 21.6. The summed E-state index contributed by atoms with van der Waals surface area (Å²) in [5, 5.41) is 0. The number of esters is 4. The highest BCUT2D eigenvalue weighted by Gasteiger charge is 2.20. The number of hydrogen-bond acceptors (Lipinski definition) is 8. The highest BCUT2D eigenvalue weighted by Crippen LogP contribution is 2.17. The maximum atomic E-state index is 12.6. The molecule has 8 nitrogen and oxygen atoms in total. The zero-order valence-electron chi connectivity index (χ0n) is 41.3. The van der Waals surface area contributed by atoms with E-state index in [1.165, 1.54) is 154 Å². The van der Waals surface area contributed by atoms with Crippen LogP contribution < -0.4 is 0 Å². The third-order valence-electron chi connectivity index (χ3n) is 11.7. The van der Waals surface area contributed by atoms with E-state index in [0.29, 0.717) is 48.7 Å². The minimum absolute atomic E-state index is 0.293. The molecule has 364 valence electrons. The third-order valence-corrected chi connectivity index (χ3v) is 11.7. The molecule has 8 heteroatoms. The standard InChI is InChI=1S/C32H54O4.C24H38O4/c1-3-5-7-9-11-13-15-17-19-23-27-35-31(33)29-25-21-22-26-30(29)32(34)36-28-24-20-18-16-14-12-10-8-6-4-2;1-3-5-7-9-11-15-19-27-23(25)21-17-13-14-18-22(21)24(26)28-20-16-12-10-8-6-4-2/h21-22,25-26H,3-20,23-24,27-28H2,1-2H3;13-14,17-18H,3-12,15-16,19-20H2,1-2H3. The zero-order chi connectivity index (χ0) is 46.6. The van der Waals surface area contributed by atoms with Gasteiger partial charge in [-0.2, -0.15) is 0 Å². The van der Waals surface area contributed by atoms with Crippen LogP contribution in [0.5, 0.6) is 0 Å². The lowest BCUT2D eigenvalue weighted by atomic mass is 10.1. The van der Waals surface area contributed by atoms with Crippen LogP contribution in [0.2, 0.25) is 0 Å². The molecule has 0 N–H and O–H groups in total. The molecule has 2 aromatic rings. The van der Waals surface area contributed by atoms with Crippen LogP contribution in [0, 0.1) is 0 Å². The summed E-state index contributed by atoms with van der Waals surface area (Å²) in [6.07, 6.45) is 38.4. The van der Waals surface area contributed by atoms with E-state index in [2.05, 4.69) is 27.7 Å². The van der Waals surface area contributed by atoms with Gasteiger partial charge < -0.3 is 18.9 Å². The fourth-order valence-electron chi connectivity index (χ4n) is 7.59. The van der Waals surface area contributed by atoms with Gasteiger partial charge in [0.25, 0.3) is 0 Å². The van der Waals surface area contributed by atoms with Crippen molar-refractivity contribution in [3.05, 3.63) is 70.8 Å². The van der Waals surface area contributed by atoms with Crippen LogP contribution >= 0.6 is 0 Å². The lowest BCUT2D eigenvalue weighted by molar-refractivity contribution is 0.0450. The molecule has 0 fully saturated rings. The molecule has 0 saturated heterocycles. The number of unbranched alkanes of at least 4 members (excludes halogenated alkanes) is 28. The first-order chi connectivity index (χ1) is 31.4. The van der Waals surface area contributed by atoms with Crippen molar-refractivity contribution in [2.45, 2.75) is 233 Å². The summed E-state index contributed by atoms with van der Waals surface area (Å²) in [6.45, 7) is 10.5. The van der Waals surface area contributed by atoms with E-state index in [1.54, 1.807) is 48.5 Å². The highest BCUT2D eigenvalue weighted by molar-refractivity contribution is 6.03. The Kier molecular flexibility index (Phi) is 39.4. The van der Waals surface area contributed by atoms with Crippen LogP contribution in [-0.2, 0) is 18.9 Å². The summed E-state index contributed by atoms with van der Waals surface area (Å²) in [6, 6.07) is 13.6. The summed E-state index contributed by atoms with van der Waals surface area (Å²) in [4.78, 5) is 49.8. The SMILES string of the molecule is CCCCCCCCCCCCOC(=O)c1ccccc1C(=O)OCCCCCCCCCCCC.CCCCCCCCOC(=O)c1ccccc1C(=O)OCCCCCCCC. The van der Waals surface area contributed by atoms with Gasteiger partial charge >= 0.3 is 23.9 Å². The highest BCUT2D eigenvalue weighted by atomic mass is 16.5. The second-order valence-corrected chi connectivity index (χ2v) is 17.5. The third kappa shape index (κ3) is 31.2. The number of rotatable bonds is 40. The Balaban J connectivity index is 0.000000660. The van der Waals surface area contributed by atoms with Crippen molar-refractivity contribution in [3.8, 4) is 0 Å². The van der Waals surface area contributed by atoms with Gasteiger partial charge in [-0.25, -0.2) is 19.2 Å². The quantitative estimate of drug-likeness (QED) is 0.0370. The molecule has 0 bridgehead atoms. The maximum Gasteiger partial charge on any atom is 0.339 e. The predicted molar refractivity (Wildman–Crippen MR) is 264 cm³/mol. The Morgan fingerprint density at radius 1 is 0.266 bits per heavy atom. The Morgan fingerprint density at radius 3 is 0.594 bits per heavy atom. The van der Waals surface area contributed by atoms with Gasteiger partial charge in [-0.15, -0.1) is 0 Å². The van der Waals surface area contributed by atoms with E-state index in [4.69, 9.17) is 18.9 Å². The number of benzene rings is 2. The molecule has 0 radical (unpaired) electrons. The first-order valence-corrected chi connectivity index (χ1v) is 26.3. The van der Waals surface area contributed by atoms with Crippen LogP contribution in [0.4, 0.5) is 0 Å². The average molecular weight is 893 g/mol. The van der Waals surface area contributed by atoms with Gasteiger partial charge in [0.1, 0.15) is 0 Å².